The number of carbonyl (C=O) groups excluding carboxylic acids is 1. The van der Waals surface area contributed by atoms with Crippen molar-refractivity contribution in [3.05, 3.63) is 66.6 Å². The van der Waals surface area contributed by atoms with Gasteiger partial charge in [-0.05, 0) is 43.7 Å². The van der Waals surface area contributed by atoms with Gasteiger partial charge < -0.3 is 14.6 Å². The summed E-state index contributed by atoms with van der Waals surface area (Å²) in [5.41, 5.74) is 2.18. The van der Waals surface area contributed by atoms with Gasteiger partial charge in [0.2, 0.25) is 5.91 Å². The minimum Gasteiger partial charge on any atom is -0.383 e. The number of amides is 1. The third-order valence-corrected chi connectivity index (χ3v) is 5.54. The lowest BCUT2D eigenvalue weighted by molar-refractivity contribution is -0.127. The number of methoxy groups -OCH3 is 1. The van der Waals surface area contributed by atoms with E-state index in [0.29, 0.717) is 13.2 Å². The molecular formula is C23H29N5O2. The lowest BCUT2D eigenvalue weighted by Gasteiger charge is -2.32. The zero-order valence-electron chi connectivity index (χ0n) is 17.4. The Morgan fingerprint density at radius 3 is 2.77 bits per heavy atom. The molecule has 0 radical (unpaired) electrons. The molecule has 1 atom stereocenters. The van der Waals surface area contributed by atoms with E-state index in [-0.39, 0.29) is 11.8 Å². The van der Waals surface area contributed by atoms with E-state index in [4.69, 9.17) is 4.74 Å². The summed E-state index contributed by atoms with van der Waals surface area (Å²) in [5, 5.41) is 7.67. The van der Waals surface area contributed by atoms with Crippen molar-refractivity contribution in [2.75, 3.05) is 33.4 Å². The van der Waals surface area contributed by atoms with Crippen molar-refractivity contribution in [2.45, 2.75) is 19.4 Å². The average Bonchev–Trinajstić information content (AvgIpc) is 3.44. The van der Waals surface area contributed by atoms with Crippen LogP contribution in [-0.4, -0.2) is 58.5 Å². The summed E-state index contributed by atoms with van der Waals surface area (Å²) in [6.07, 6.45) is 7.99. The van der Waals surface area contributed by atoms with Crippen LogP contribution < -0.4 is 5.32 Å². The van der Waals surface area contributed by atoms with Crippen molar-refractivity contribution < 1.29 is 9.53 Å². The summed E-state index contributed by atoms with van der Waals surface area (Å²) in [6.45, 7) is 3.63. The fourth-order valence-corrected chi connectivity index (χ4v) is 4.07. The molecule has 3 heterocycles. The summed E-state index contributed by atoms with van der Waals surface area (Å²) < 4.78 is 9.12. The van der Waals surface area contributed by atoms with Crippen LogP contribution in [0.2, 0.25) is 0 Å². The van der Waals surface area contributed by atoms with Gasteiger partial charge in [0.25, 0.3) is 0 Å². The maximum Gasteiger partial charge on any atom is 0.224 e. The van der Waals surface area contributed by atoms with E-state index in [1.165, 1.54) is 0 Å². The van der Waals surface area contributed by atoms with Crippen LogP contribution in [0.5, 0.6) is 0 Å². The topological polar surface area (TPSA) is 64.3 Å². The molecule has 1 unspecified atom stereocenters. The molecule has 0 aliphatic carbocycles. The molecule has 2 aromatic heterocycles. The lowest BCUT2D eigenvalue weighted by atomic mass is 9.97. The summed E-state index contributed by atoms with van der Waals surface area (Å²) >= 11 is 0. The highest BCUT2D eigenvalue weighted by Gasteiger charge is 2.27. The Balaban J connectivity index is 1.52. The molecule has 3 aromatic rings. The monoisotopic (exact) mass is 407 g/mol. The van der Waals surface area contributed by atoms with Crippen LogP contribution in [0.1, 0.15) is 18.4 Å². The van der Waals surface area contributed by atoms with Crippen molar-refractivity contribution in [2.24, 2.45) is 5.92 Å². The number of carbonyl (C=O) groups is 1. The van der Waals surface area contributed by atoms with Gasteiger partial charge >= 0.3 is 0 Å². The Hall–Kier alpha value is -2.90. The van der Waals surface area contributed by atoms with Crippen LogP contribution in [0.4, 0.5) is 0 Å². The van der Waals surface area contributed by atoms with Crippen molar-refractivity contribution in [3.63, 3.8) is 0 Å². The summed E-state index contributed by atoms with van der Waals surface area (Å²) in [4.78, 5) is 14.9. The van der Waals surface area contributed by atoms with Gasteiger partial charge in [-0.1, -0.05) is 18.2 Å². The standard InChI is InChI=1S/C23H29N5O2/c1-30-15-11-24-22(29)19-8-7-12-26(17-19)18-20-16-25-28(21-9-3-2-4-10-21)23(20)27-13-5-6-14-27/h2-6,9-10,13-14,16,19H,7-8,11-12,15,17-18H2,1H3,(H,24,29). The number of hydrogen-bond acceptors (Lipinski definition) is 4. The molecule has 158 valence electrons. The molecule has 1 aromatic carbocycles. The molecule has 4 rings (SSSR count). The van der Waals surface area contributed by atoms with Gasteiger partial charge in [-0.15, -0.1) is 0 Å². The quantitative estimate of drug-likeness (QED) is 0.583. The second-order valence-corrected chi connectivity index (χ2v) is 7.69. The minimum atomic E-state index is 0.0230. The molecule has 1 amide bonds. The molecule has 1 saturated heterocycles. The Labute approximate surface area is 177 Å². The third kappa shape index (κ3) is 4.63. The molecule has 0 bridgehead atoms. The predicted molar refractivity (Wildman–Crippen MR) is 116 cm³/mol. The number of hydrogen-bond donors (Lipinski definition) is 1. The van der Waals surface area contributed by atoms with Crippen LogP contribution in [0, 0.1) is 5.92 Å². The number of piperidine rings is 1. The first-order chi connectivity index (χ1) is 14.8. The maximum atomic E-state index is 12.5. The largest absolute Gasteiger partial charge is 0.383 e. The second-order valence-electron chi connectivity index (χ2n) is 7.69. The first-order valence-corrected chi connectivity index (χ1v) is 10.5. The van der Waals surface area contributed by atoms with Gasteiger partial charge in [0, 0.05) is 44.7 Å². The Kier molecular flexibility index (Phi) is 6.61. The smallest absolute Gasteiger partial charge is 0.224 e. The SMILES string of the molecule is COCCNC(=O)C1CCCN(Cc2cnn(-c3ccccc3)c2-n2cccc2)C1. The van der Waals surface area contributed by atoms with Crippen molar-refractivity contribution in [3.8, 4) is 11.5 Å². The van der Waals surface area contributed by atoms with Gasteiger partial charge in [-0.2, -0.15) is 5.10 Å². The van der Waals surface area contributed by atoms with Crippen LogP contribution in [0.25, 0.3) is 11.5 Å². The number of nitrogens with zero attached hydrogens (tertiary/aromatic N) is 4. The highest BCUT2D eigenvalue weighted by atomic mass is 16.5. The normalized spacial score (nSPS) is 17.2. The van der Waals surface area contributed by atoms with E-state index in [9.17, 15) is 4.79 Å². The van der Waals surface area contributed by atoms with Crippen molar-refractivity contribution >= 4 is 5.91 Å². The van der Waals surface area contributed by atoms with E-state index < -0.39 is 0 Å². The molecule has 1 fully saturated rings. The highest BCUT2D eigenvalue weighted by Crippen LogP contribution is 2.24. The number of ether oxygens (including phenoxy) is 1. The van der Waals surface area contributed by atoms with Gasteiger partial charge in [-0.25, -0.2) is 4.68 Å². The van der Waals surface area contributed by atoms with E-state index in [1.54, 1.807) is 7.11 Å². The first kappa shape index (κ1) is 20.4. The molecular weight excluding hydrogens is 378 g/mol. The number of benzene rings is 1. The fourth-order valence-electron chi connectivity index (χ4n) is 4.07. The Bertz CT molecular complexity index is 936. The zero-order chi connectivity index (χ0) is 20.8. The maximum absolute atomic E-state index is 12.5. The summed E-state index contributed by atoms with van der Waals surface area (Å²) in [6, 6.07) is 14.2. The molecule has 30 heavy (non-hydrogen) atoms. The molecule has 7 heteroatoms. The lowest BCUT2D eigenvalue weighted by Crippen LogP contribution is -2.43. The number of likely N-dealkylation sites (tertiary alicyclic amines) is 1. The minimum absolute atomic E-state index is 0.0230. The van der Waals surface area contributed by atoms with Crippen LogP contribution in [-0.2, 0) is 16.1 Å². The third-order valence-electron chi connectivity index (χ3n) is 5.54. The Morgan fingerprint density at radius 1 is 1.20 bits per heavy atom. The number of aromatic nitrogens is 3. The van der Waals surface area contributed by atoms with Crippen LogP contribution >= 0.6 is 0 Å². The van der Waals surface area contributed by atoms with Crippen LogP contribution in [0.15, 0.2) is 61.1 Å². The molecule has 0 saturated carbocycles. The predicted octanol–water partition coefficient (Wildman–Crippen LogP) is 2.64. The van der Waals surface area contributed by atoms with Gasteiger partial charge in [0.1, 0.15) is 5.82 Å². The molecule has 7 nitrogen and oxygen atoms in total. The summed E-state index contributed by atoms with van der Waals surface area (Å²) in [5.74, 6) is 1.19. The van der Waals surface area contributed by atoms with Gasteiger partial charge in [0.15, 0.2) is 0 Å². The second kappa shape index (κ2) is 9.73. The van der Waals surface area contributed by atoms with Crippen molar-refractivity contribution in [1.82, 2.24) is 24.6 Å². The van der Waals surface area contributed by atoms with Crippen molar-refractivity contribution in [1.29, 1.82) is 0 Å². The van der Waals surface area contributed by atoms with E-state index >= 15 is 0 Å². The Morgan fingerprint density at radius 2 is 2.00 bits per heavy atom. The molecule has 1 aliphatic rings. The average molecular weight is 408 g/mol. The number of para-hydroxylation sites is 1. The summed E-state index contributed by atoms with van der Waals surface area (Å²) in [7, 11) is 1.65. The number of rotatable bonds is 8. The van der Waals surface area contributed by atoms with Gasteiger partial charge in [-0.3, -0.25) is 9.69 Å². The highest BCUT2D eigenvalue weighted by molar-refractivity contribution is 5.78. The fraction of sp³-hybridized carbons (Fsp3) is 0.391. The van der Waals surface area contributed by atoms with E-state index in [1.807, 2.05) is 53.6 Å². The van der Waals surface area contributed by atoms with Crippen LogP contribution in [0.3, 0.4) is 0 Å². The molecule has 0 spiro atoms. The first-order valence-electron chi connectivity index (χ1n) is 10.5. The molecule has 1 aliphatic heterocycles. The van der Waals surface area contributed by atoms with E-state index in [2.05, 4.69) is 32.0 Å². The number of nitrogens with one attached hydrogen (secondary N) is 1. The molecule has 1 N–H and O–H groups in total. The van der Waals surface area contributed by atoms with E-state index in [0.717, 1.165) is 49.5 Å². The zero-order valence-corrected chi connectivity index (χ0v) is 17.4. The van der Waals surface area contributed by atoms with Gasteiger partial charge in [0.05, 0.1) is 24.4 Å².